The molecular weight excluding hydrogens is 349 g/mol. The second-order valence-corrected chi connectivity index (χ2v) is 6.21. The van der Waals surface area contributed by atoms with Gasteiger partial charge < -0.3 is 14.6 Å². The standard InChI is InChI=1S/C17H19F3N4O2/c1-26-12-4-2-11(3-5-12)23-16(25)14-15(24-9-8-21-10-24)13(6-7-22-14)17(18,19)20/h6-12H,2-5H2,1H3,(H,23,25). The molecule has 0 aromatic carbocycles. The summed E-state index contributed by atoms with van der Waals surface area (Å²) in [4.78, 5) is 20.4. The first kappa shape index (κ1) is 18.4. The Hall–Kier alpha value is -2.42. The fourth-order valence-electron chi connectivity index (χ4n) is 3.20. The summed E-state index contributed by atoms with van der Waals surface area (Å²) in [7, 11) is 1.65. The van der Waals surface area contributed by atoms with Gasteiger partial charge in [0, 0.05) is 31.7 Å². The summed E-state index contributed by atoms with van der Waals surface area (Å²) in [5, 5.41) is 2.80. The molecule has 0 aliphatic heterocycles. The molecule has 6 nitrogen and oxygen atoms in total. The second kappa shape index (κ2) is 7.45. The van der Waals surface area contributed by atoms with Crippen molar-refractivity contribution in [2.45, 2.75) is 44.0 Å². The summed E-state index contributed by atoms with van der Waals surface area (Å²) in [5.41, 5.74) is -1.52. The zero-order chi connectivity index (χ0) is 18.7. The molecule has 1 saturated carbocycles. The van der Waals surface area contributed by atoms with Gasteiger partial charge in [-0.3, -0.25) is 4.79 Å². The van der Waals surface area contributed by atoms with Gasteiger partial charge in [-0.25, -0.2) is 9.97 Å². The van der Waals surface area contributed by atoms with E-state index >= 15 is 0 Å². The van der Waals surface area contributed by atoms with Crippen molar-refractivity contribution in [3.05, 3.63) is 42.2 Å². The molecular formula is C17H19F3N4O2. The Kier molecular flexibility index (Phi) is 5.26. The average molecular weight is 368 g/mol. The highest BCUT2D eigenvalue weighted by Gasteiger charge is 2.37. The Labute approximate surface area is 148 Å². The Morgan fingerprint density at radius 2 is 2.00 bits per heavy atom. The van der Waals surface area contributed by atoms with E-state index in [2.05, 4.69) is 15.3 Å². The number of rotatable bonds is 4. The normalized spacial score (nSPS) is 20.8. The third kappa shape index (κ3) is 3.87. The van der Waals surface area contributed by atoms with Crippen molar-refractivity contribution in [1.29, 1.82) is 0 Å². The molecule has 1 aliphatic carbocycles. The number of amides is 1. The summed E-state index contributed by atoms with van der Waals surface area (Å²) < 4.78 is 46.7. The average Bonchev–Trinajstić information content (AvgIpc) is 3.15. The number of nitrogens with one attached hydrogen (secondary N) is 1. The molecule has 0 spiro atoms. The van der Waals surface area contributed by atoms with Gasteiger partial charge in [0.25, 0.3) is 5.91 Å². The Balaban J connectivity index is 1.89. The van der Waals surface area contributed by atoms with E-state index < -0.39 is 17.6 Å². The molecule has 26 heavy (non-hydrogen) atoms. The third-order valence-electron chi connectivity index (χ3n) is 4.55. The smallest absolute Gasteiger partial charge is 0.381 e. The minimum atomic E-state index is -4.62. The molecule has 1 amide bonds. The fraction of sp³-hybridized carbons (Fsp3) is 0.471. The molecule has 1 aliphatic rings. The largest absolute Gasteiger partial charge is 0.418 e. The van der Waals surface area contributed by atoms with E-state index in [0.29, 0.717) is 12.8 Å². The SMILES string of the molecule is COC1CCC(NC(=O)c2nccc(C(F)(F)F)c2-n2ccnc2)CC1. The molecule has 9 heteroatoms. The van der Waals surface area contributed by atoms with Crippen LogP contribution in [0.2, 0.25) is 0 Å². The number of carbonyl (C=O) groups is 1. The highest BCUT2D eigenvalue weighted by molar-refractivity contribution is 5.96. The molecule has 3 rings (SSSR count). The molecule has 1 fully saturated rings. The number of halogens is 3. The van der Waals surface area contributed by atoms with Crippen molar-refractivity contribution in [1.82, 2.24) is 19.9 Å². The quantitative estimate of drug-likeness (QED) is 0.901. The number of ether oxygens (including phenoxy) is 1. The second-order valence-electron chi connectivity index (χ2n) is 6.21. The summed E-state index contributed by atoms with van der Waals surface area (Å²) in [6.07, 6.45) is 3.48. The number of methoxy groups -OCH3 is 1. The van der Waals surface area contributed by atoms with Crippen LogP contribution < -0.4 is 5.32 Å². The van der Waals surface area contributed by atoms with Crippen LogP contribution in [-0.2, 0) is 10.9 Å². The van der Waals surface area contributed by atoms with Crippen molar-refractivity contribution < 1.29 is 22.7 Å². The van der Waals surface area contributed by atoms with Crippen LogP contribution in [0.4, 0.5) is 13.2 Å². The van der Waals surface area contributed by atoms with Gasteiger partial charge in [0.05, 0.1) is 23.7 Å². The van der Waals surface area contributed by atoms with Crippen molar-refractivity contribution >= 4 is 5.91 Å². The molecule has 1 N–H and O–H groups in total. The lowest BCUT2D eigenvalue weighted by atomic mass is 9.93. The number of alkyl halides is 3. The van der Waals surface area contributed by atoms with Gasteiger partial charge in [0.15, 0.2) is 5.69 Å². The van der Waals surface area contributed by atoms with E-state index in [9.17, 15) is 18.0 Å². The van der Waals surface area contributed by atoms with Crippen molar-refractivity contribution in [3.63, 3.8) is 0 Å². The minimum Gasteiger partial charge on any atom is -0.381 e. The van der Waals surface area contributed by atoms with E-state index in [0.717, 1.165) is 29.7 Å². The van der Waals surface area contributed by atoms with E-state index in [4.69, 9.17) is 4.74 Å². The maximum absolute atomic E-state index is 13.4. The number of hydrogen-bond acceptors (Lipinski definition) is 4. The lowest BCUT2D eigenvalue weighted by Crippen LogP contribution is -2.39. The summed E-state index contributed by atoms with van der Waals surface area (Å²) in [5.74, 6) is -0.624. The topological polar surface area (TPSA) is 69.0 Å². The minimum absolute atomic E-state index is 0.110. The van der Waals surface area contributed by atoms with Crippen LogP contribution in [0.1, 0.15) is 41.7 Å². The van der Waals surface area contributed by atoms with Gasteiger partial charge in [-0.15, -0.1) is 0 Å². The van der Waals surface area contributed by atoms with Crippen LogP contribution in [0.15, 0.2) is 31.0 Å². The van der Waals surface area contributed by atoms with Crippen LogP contribution >= 0.6 is 0 Å². The number of carbonyl (C=O) groups excluding carboxylic acids is 1. The zero-order valence-corrected chi connectivity index (χ0v) is 14.2. The molecule has 2 heterocycles. The predicted octanol–water partition coefficient (Wildman–Crippen LogP) is 2.97. The van der Waals surface area contributed by atoms with Crippen LogP contribution in [0.3, 0.4) is 0 Å². The predicted molar refractivity (Wildman–Crippen MR) is 86.9 cm³/mol. The number of aromatic nitrogens is 3. The van der Waals surface area contributed by atoms with Crippen molar-refractivity contribution in [2.24, 2.45) is 0 Å². The van der Waals surface area contributed by atoms with Gasteiger partial charge in [-0.2, -0.15) is 13.2 Å². The monoisotopic (exact) mass is 368 g/mol. The molecule has 2 aromatic heterocycles. The van der Waals surface area contributed by atoms with E-state index in [-0.39, 0.29) is 23.5 Å². The van der Waals surface area contributed by atoms with E-state index in [1.54, 1.807) is 7.11 Å². The lowest BCUT2D eigenvalue weighted by Gasteiger charge is -2.28. The summed E-state index contributed by atoms with van der Waals surface area (Å²) in [6, 6.07) is 0.747. The van der Waals surface area contributed by atoms with Crippen LogP contribution in [0.25, 0.3) is 5.69 Å². The van der Waals surface area contributed by atoms with Gasteiger partial charge in [0.2, 0.25) is 0 Å². The van der Waals surface area contributed by atoms with Gasteiger partial charge in [-0.1, -0.05) is 0 Å². The lowest BCUT2D eigenvalue weighted by molar-refractivity contribution is -0.137. The highest BCUT2D eigenvalue weighted by atomic mass is 19.4. The Morgan fingerprint density at radius 3 is 2.58 bits per heavy atom. The summed E-state index contributed by atoms with van der Waals surface area (Å²) in [6.45, 7) is 0. The first-order chi connectivity index (χ1) is 12.4. The summed E-state index contributed by atoms with van der Waals surface area (Å²) >= 11 is 0. The Bertz CT molecular complexity index is 754. The number of imidazole rings is 1. The zero-order valence-electron chi connectivity index (χ0n) is 14.2. The van der Waals surface area contributed by atoms with E-state index in [1.807, 2.05) is 0 Å². The highest BCUT2D eigenvalue weighted by Crippen LogP contribution is 2.35. The molecule has 0 atom stereocenters. The van der Waals surface area contributed by atoms with Crippen LogP contribution in [0.5, 0.6) is 0 Å². The van der Waals surface area contributed by atoms with Gasteiger partial charge in [0.1, 0.15) is 0 Å². The fourth-order valence-corrected chi connectivity index (χ4v) is 3.20. The maximum Gasteiger partial charge on any atom is 0.418 e. The first-order valence-electron chi connectivity index (χ1n) is 8.28. The third-order valence-corrected chi connectivity index (χ3v) is 4.55. The number of hydrogen-bond donors (Lipinski definition) is 1. The molecule has 0 bridgehead atoms. The molecule has 0 saturated heterocycles. The van der Waals surface area contributed by atoms with Crippen molar-refractivity contribution in [2.75, 3.05) is 7.11 Å². The first-order valence-corrected chi connectivity index (χ1v) is 8.28. The number of nitrogens with zero attached hydrogens (tertiary/aromatic N) is 3. The van der Waals surface area contributed by atoms with Crippen LogP contribution in [-0.4, -0.2) is 39.7 Å². The molecule has 140 valence electrons. The molecule has 2 aromatic rings. The van der Waals surface area contributed by atoms with E-state index in [1.165, 1.54) is 18.7 Å². The van der Waals surface area contributed by atoms with Crippen molar-refractivity contribution in [3.8, 4) is 5.69 Å². The maximum atomic E-state index is 13.4. The number of pyridine rings is 1. The molecule has 0 radical (unpaired) electrons. The van der Waals surface area contributed by atoms with Gasteiger partial charge in [-0.05, 0) is 31.7 Å². The molecule has 0 unspecified atom stereocenters. The Morgan fingerprint density at radius 1 is 1.27 bits per heavy atom. The van der Waals surface area contributed by atoms with Crippen LogP contribution in [0, 0.1) is 0 Å². The van der Waals surface area contributed by atoms with Gasteiger partial charge >= 0.3 is 6.18 Å².